The summed E-state index contributed by atoms with van der Waals surface area (Å²) in [4.78, 5) is 0.302. The van der Waals surface area contributed by atoms with Gasteiger partial charge < -0.3 is 9.88 Å². The number of anilines is 1. The smallest absolute Gasteiger partial charge is 0.175 e. The van der Waals surface area contributed by atoms with Crippen LogP contribution in [0.4, 0.5) is 5.69 Å². The van der Waals surface area contributed by atoms with E-state index in [1.54, 1.807) is 24.3 Å². The Morgan fingerprint density at radius 1 is 1.29 bits per heavy atom. The molecule has 0 aliphatic heterocycles. The summed E-state index contributed by atoms with van der Waals surface area (Å²) in [6, 6.07) is 10.6. The van der Waals surface area contributed by atoms with E-state index in [4.69, 9.17) is 5.26 Å². The first kappa shape index (κ1) is 15.1. The molecule has 6 heteroatoms. The summed E-state index contributed by atoms with van der Waals surface area (Å²) >= 11 is 0. The van der Waals surface area contributed by atoms with Crippen LogP contribution in [0.1, 0.15) is 17.0 Å². The van der Waals surface area contributed by atoms with Crippen LogP contribution in [0.3, 0.4) is 0 Å². The quantitative estimate of drug-likeness (QED) is 0.939. The topological polar surface area (TPSA) is 74.9 Å². The Morgan fingerprint density at radius 2 is 1.90 bits per heavy atom. The van der Waals surface area contributed by atoms with E-state index in [1.165, 1.54) is 6.26 Å². The van der Waals surface area contributed by atoms with Crippen molar-refractivity contribution >= 4 is 15.5 Å². The Hall–Kier alpha value is -2.26. The molecule has 1 heterocycles. The number of benzene rings is 1. The molecule has 0 spiro atoms. The number of nitriles is 1. The van der Waals surface area contributed by atoms with E-state index in [2.05, 4.69) is 11.4 Å². The van der Waals surface area contributed by atoms with Gasteiger partial charge in [0.05, 0.1) is 4.90 Å². The fourth-order valence-corrected chi connectivity index (χ4v) is 2.70. The molecule has 1 aromatic heterocycles. The summed E-state index contributed by atoms with van der Waals surface area (Å²) < 4.78 is 24.6. The highest BCUT2D eigenvalue weighted by atomic mass is 32.2. The third kappa shape index (κ3) is 3.26. The standard InChI is InChI=1S/C15H17N3O2S/c1-11-12(8-14(9-16)18(11)2)10-17-13-4-6-15(7-5-13)21(3,19)20/h4-8,17H,10H2,1-3H3. The number of aromatic nitrogens is 1. The maximum atomic E-state index is 11.4. The second-order valence-corrected chi connectivity index (χ2v) is 6.98. The summed E-state index contributed by atoms with van der Waals surface area (Å²) in [6.07, 6.45) is 1.19. The van der Waals surface area contributed by atoms with Crippen LogP contribution >= 0.6 is 0 Å². The average Bonchev–Trinajstić information content (AvgIpc) is 2.72. The predicted molar refractivity (Wildman–Crippen MR) is 81.7 cm³/mol. The van der Waals surface area contributed by atoms with Gasteiger partial charge in [-0.05, 0) is 42.8 Å². The Labute approximate surface area is 124 Å². The Kier molecular flexibility index (Phi) is 4.05. The lowest BCUT2D eigenvalue weighted by Crippen LogP contribution is -2.02. The van der Waals surface area contributed by atoms with Gasteiger partial charge in [0.15, 0.2) is 9.84 Å². The van der Waals surface area contributed by atoms with E-state index in [0.717, 1.165) is 16.9 Å². The van der Waals surface area contributed by atoms with Crippen molar-refractivity contribution in [1.29, 1.82) is 5.26 Å². The zero-order chi connectivity index (χ0) is 15.6. The van der Waals surface area contributed by atoms with Crippen LogP contribution in [0, 0.1) is 18.3 Å². The minimum atomic E-state index is -3.17. The van der Waals surface area contributed by atoms with Crippen LogP contribution in [0.5, 0.6) is 0 Å². The fourth-order valence-electron chi connectivity index (χ4n) is 2.07. The molecule has 0 saturated carbocycles. The first-order valence-corrected chi connectivity index (χ1v) is 8.31. The molecule has 1 N–H and O–H groups in total. The van der Waals surface area contributed by atoms with Gasteiger partial charge in [0, 0.05) is 31.2 Å². The highest BCUT2D eigenvalue weighted by Crippen LogP contribution is 2.17. The van der Waals surface area contributed by atoms with Crippen LogP contribution in [0.15, 0.2) is 35.2 Å². The number of hydrogen-bond acceptors (Lipinski definition) is 4. The molecule has 0 unspecified atom stereocenters. The summed E-state index contributed by atoms with van der Waals surface area (Å²) in [5, 5.41) is 12.2. The van der Waals surface area contributed by atoms with E-state index in [-0.39, 0.29) is 0 Å². The second-order valence-electron chi connectivity index (χ2n) is 4.96. The zero-order valence-electron chi connectivity index (χ0n) is 12.2. The molecule has 0 aliphatic rings. The highest BCUT2D eigenvalue weighted by molar-refractivity contribution is 7.90. The van der Waals surface area contributed by atoms with Gasteiger partial charge in [0.2, 0.25) is 0 Å². The molecule has 0 bridgehead atoms. The summed E-state index contributed by atoms with van der Waals surface area (Å²) in [6.45, 7) is 2.55. The number of sulfone groups is 1. The van der Waals surface area contributed by atoms with E-state index < -0.39 is 9.84 Å². The lowest BCUT2D eigenvalue weighted by molar-refractivity contribution is 0.602. The molecule has 21 heavy (non-hydrogen) atoms. The van der Waals surface area contributed by atoms with Crippen LogP contribution in [-0.4, -0.2) is 19.2 Å². The van der Waals surface area contributed by atoms with Gasteiger partial charge in [0.25, 0.3) is 0 Å². The monoisotopic (exact) mass is 303 g/mol. The van der Waals surface area contributed by atoms with Gasteiger partial charge in [-0.25, -0.2) is 8.42 Å². The maximum Gasteiger partial charge on any atom is 0.175 e. The average molecular weight is 303 g/mol. The lowest BCUT2D eigenvalue weighted by atomic mass is 10.2. The molecule has 0 fully saturated rings. The Balaban J connectivity index is 2.12. The Bertz CT molecular complexity index is 797. The van der Waals surface area contributed by atoms with Gasteiger partial charge in [-0.3, -0.25) is 0 Å². The second kappa shape index (κ2) is 5.62. The first-order valence-electron chi connectivity index (χ1n) is 6.42. The van der Waals surface area contributed by atoms with Crippen molar-refractivity contribution in [2.75, 3.05) is 11.6 Å². The number of hydrogen-bond donors (Lipinski definition) is 1. The molecule has 2 aromatic rings. The third-order valence-electron chi connectivity index (χ3n) is 3.52. The predicted octanol–water partition coefficient (Wildman–Crippen LogP) is 2.22. The van der Waals surface area contributed by atoms with Crippen LogP contribution in [0.25, 0.3) is 0 Å². The highest BCUT2D eigenvalue weighted by Gasteiger charge is 2.09. The van der Waals surface area contributed by atoms with Gasteiger partial charge in [-0.15, -0.1) is 0 Å². The lowest BCUT2D eigenvalue weighted by Gasteiger charge is -2.07. The zero-order valence-corrected chi connectivity index (χ0v) is 13.0. The molecule has 2 rings (SSSR count). The van der Waals surface area contributed by atoms with Crippen molar-refractivity contribution < 1.29 is 8.42 Å². The van der Waals surface area contributed by atoms with Crippen molar-refractivity contribution in [2.24, 2.45) is 7.05 Å². The van der Waals surface area contributed by atoms with Gasteiger partial charge in [-0.2, -0.15) is 5.26 Å². The van der Waals surface area contributed by atoms with Gasteiger partial charge in [-0.1, -0.05) is 0 Å². The fraction of sp³-hybridized carbons (Fsp3) is 0.267. The molecule has 0 aliphatic carbocycles. The van der Waals surface area contributed by atoms with Crippen molar-refractivity contribution in [3.63, 3.8) is 0 Å². The van der Waals surface area contributed by atoms with Crippen molar-refractivity contribution in [2.45, 2.75) is 18.4 Å². The molecule has 0 radical (unpaired) electrons. The first-order chi connectivity index (χ1) is 9.82. The van der Waals surface area contributed by atoms with E-state index in [1.807, 2.05) is 24.6 Å². The molecule has 1 aromatic carbocycles. The Morgan fingerprint density at radius 3 is 2.38 bits per heavy atom. The van der Waals surface area contributed by atoms with Crippen LogP contribution in [0.2, 0.25) is 0 Å². The van der Waals surface area contributed by atoms with E-state index in [9.17, 15) is 8.42 Å². The molecule has 0 atom stereocenters. The number of nitrogens with one attached hydrogen (secondary N) is 1. The third-order valence-corrected chi connectivity index (χ3v) is 4.65. The molecule has 5 nitrogen and oxygen atoms in total. The van der Waals surface area contributed by atoms with Crippen molar-refractivity contribution in [3.8, 4) is 6.07 Å². The van der Waals surface area contributed by atoms with Gasteiger partial charge >= 0.3 is 0 Å². The van der Waals surface area contributed by atoms with Crippen LogP contribution in [-0.2, 0) is 23.4 Å². The maximum absolute atomic E-state index is 11.4. The van der Waals surface area contributed by atoms with E-state index >= 15 is 0 Å². The molecule has 0 amide bonds. The summed E-state index contributed by atoms with van der Waals surface area (Å²) in [5.74, 6) is 0. The van der Waals surface area contributed by atoms with Crippen molar-refractivity contribution in [3.05, 3.63) is 47.3 Å². The molecular weight excluding hydrogens is 286 g/mol. The SMILES string of the molecule is Cc1c(CNc2ccc(S(C)(=O)=O)cc2)cc(C#N)n1C. The minimum absolute atomic E-state index is 0.302. The normalized spacial score (nSPS) is 11.1. The van der Waals surface area contributed by atoms with Crippen LogP contribution < -0.4 is 5.32 Å². The molecule has 0 saturated heterocycles. The number of rotatable bonds is 4. The number of nitrogens with zero attached hydrogens (tertiary/aromatic N) is 2. The minimum Gasteiger partial charge on any atom is -0.381 e. The largest absolute Gasteiger partial charge is 0.381 e. The summed E-state index contributed by atoms with van der Waals surface area (Å²) in [5.41, 5.74) is 3.54. The summed E-state index contributed by atoms with van der Waals surface area (Å²) in [7, 11) is -1.31. The molecular formula is C15H17N3O2S. The van der Waals surface area contributed by atoms with Crippen molar-refractivity contribution in [1.82, 2.24) is 4.57 Å². The molecule has 110 valence electrons. The van der Waals surface area contributed by atoms with Gasteiger partial charge in [0.1, 0.15) is 11.8 Å². The van der Waals surface area contributed by atoms with E-state index in [0.29, 0.717) is 17.1 Å².